The highest BCUT2D eigenvalue weighted by atomic mass is 19.1. The van der Waals surface area contributed by atoms with Crippen molar-refractivity contribution in [1.29, 1.82) is 0 Å². The fourth-order valence-corrected chi connectivity index (χ4v) is 4.38. The molecule has 0 N–H and O–H groups in total. The number of unbranched alkanes of at least 4 members (excludes halogenated alkanes) is 13. The van der Waals surface area contributed by atoms with Crippen molar-refractivity contribution in [2.45, 2.75) is 123 Å². The van der Waals surface area contributed by atoms with Gasteiger partial charge in [-0.1, -0.05) is 104 Å². The van der Waals surface area contributed by atoms with E-state index < -0.39 is 6.17 Å². The van der Waals surface area contributed by atoms with Crippen LogP contribution in [-0.2, 0) is 0 Å². The van der Waals surface area contributed by atoms with Crippen LogP contribution in [0.3, 0.4) is 0 Å². The summed E-state index contributed by atoms with van der Waals surface area (Å²) in [7, 11) is 0. The monoisotopic (exact) mass is 499 g/mol. The number of nitrogens with zero attached hydrogens (tertiary/aromatic N) is 1. The first-order chi connectivity index (χ1) is 17.7. The Kier molecular flexibility index (Phi) is 16.7. The van der Waals surface area contributed by atoms with Gasteiger partial charge in [0.2, 0.25) is 0 Å². The summed E-state index contributed by atoms with van der Waals surface area (Å²) >= 11 is 0. The molecule has 0 spiro atoms. The van der Waals surface area contributed by atoms with Gasteiger partial charge in [-0.3, -0.25) is 4.98 Å². The maximum Gasteiger partial charge on any atom is 0.137 e. The predicted octanol–water partition coefficient (Wildman–Crippen LogP) is 10.1. The molecule has 2 rings (SSSR count). The molecule has 2 aromatic rings. The third kappa shape index (κ3) is 13.8. The zero-order chi connectivity index (χ0) is 25.7. The Morgan fingerprint density at radius 3 is 1.78 bits per heavy atom. The summed E-state index contributed by atoms with van der Waals surface area (Å²) in [5.41, 5.74) is 1.90. The molecule has 0 saturated heterocycles. The molecular formula is C32H50FNO2. The van der Waals surface area contributed by atoms with Crippen molar-refractivity contribution < 1.29 is 13.9 Å². The maximum absolute atomic E-state index is 14.1. The summed E-state index contributed by atoms with van der Waals surface area (Å²) in [6.45, 7) is 5.33. The number of pyridine rings is 1. The number of rotatable bonds is 22. The molecule has 4 heteroatoms. The highest BCUT2D eigenvalue weighted by Gasteiger charge is 2.08. The van der Waals surface area contributed by atoms with E-state index in [0.717, 1.165) is 42.9 Å². The predicted molar refractivity (Wildman–Crippen MR) is 151 cm³/mol. The van der Waals surface area contributed by atoms with E-state index in [4.69, 9.17) is 9.47 Å². The van der Waals surface area contributed by atoms with Crippen LogP contribution >= 0.6 is 0 Å². The lowest BCUT2D eigenvalue weighted by Gasteiger charge is -2.11. The number of alkyl halides is 1. The lowest BCUT2D eigenvalue weighted by atomic mass is 10.1. The number of aromatic nitrogens is 1. The second kappa shape index (κ2) is 20.0. The molecule has 0 amide bonds. The molecule has 0 aliphatic carbocycles. The highest BCUT2D eigenvalue weighted by molar-refractivity contribution is 5.60. The average Bonchev–Trinajstić information content (AvgIpc) is 2.91. The molecule has 0 radical (unpaired) electrons. The topological polar surface area (TPSA) is 31.4 Å². The van der Waals surface area contributed by atoms with Crippen molar-refractivity contribution in [2.24, 2.45) is 0 Å². The first kappa shape index (κ1) is 30.1. The molecule has 0 saturated carbocycles. The summed E-state index contributed by atoms with van der Waals surface area (Å²) in [6, 6.07) is 11.9. The summed E-state index contributed by atoms with van der Waals surface area (Å²) in [6.07, 6.45) is 20.3. The van der Waals surface area contributed by atoms with Crippen molar-refractivity contribution in [3.63, 3.8) is 0 Å². The van der Waals surface area contributed by atoms with E-state index in [0.29, 0.717) is 12.2 Å². The van der Waals surface area contributed by atoms with Gasteiger partial charge in [0.05, 0.1) is 18.5 Å². The lowest BCUT2D eigenvalue weighted by molar-refractivity contribution is 0.183. The lowest BCUT2D eigenvalue weighted by Crippen LogP contribution is -2.12. The first-order valence-corrected chi connectivity index (χ1v) is 14.7. The minimum atomic E-state index is -0.917. The van der Waals surface area contributed by atoms with Crippen molar-refractivity contribution >= 4 is 0 Å². The van der Waals surface area contributed by atoms with Gasteiger partial charge in [-0.25, -0.2) is 4.39 Å². The molecule has 0 fully saturated rings. The van der Waals surface area contributed by atoms with Gasteiger partial charge in [0.25, 0.3) is 0 Å². The van der Waals surface area contributed by atoms with Gasteiger partial charge >= 0.3 is 0 Å². The van der Waals surface area contributed by atoms with E-state index in [2.05, 4.69) is 18.8 Å². The maximum atomic E-state index is 14.1. The number of benzene rings is 1. The number of ether oxygens (including phenoxy) is 2. The average molecular weight is 500 g/mol. The fraction of sp³-hybridized carbons (Fsp3) is 0.656. The minimum Gasteiger partial charge on any atom is -0.494 e. The van der Waals surface area contributed by atoms with Crippen LogP contribution in [0.25, 0.3) is 11.3 Å². The van der Waals surface area contributed by atoms with Gasteiger partial charge in [-0.2, -0.15) is 0 Å². The SMILES string of the molecule is CCCCCCCCCCCCOc1ccc(-c2ccc(OCC(F)CCCCCCC)cn2)cc1. The van der Waals surface area contributed by atoms with Crippen LogP contribution in [0, 0.1) is 0 Å². The zero-order valence-corrected chi connectivity index (χ0v) is 23.0. The smallest absolute Gasteiger partial charge is 0.137 e. The zero-order valence-electron chi connectivity index (χ0n) is 23.0. The second-order valence-corrected chi connectivity index (χ2v) is 10.0. The van der Waals surface area contributed by atoms with E-state index >= 15 is 0 Å². The van der Waals surface area contributed by atoms with E-state index in [1.807, 2.05) is 36.4 Å². The van der Waals surface area contributed by atoms with Crippen molar-refractivity contribution in [1.82, 2.24) is 4.98 Å². The molecule has 36 heavy (non-hydrogen) atoms. The Morgan fingerprint density at radius 1 is 0.639 bits per heavy atom. The molecule has 202 valence electrons. The molecule has 1 aromatic heterocycles. The molecule has 3 nitrogen and oxygen atoms in total. The van der Waals surface area contributed by atoms with Gasteiger partial charge in [-0.15, -0.1) is 0 Å². The molecule has 1 aromatic carbocycles. The van der Waals surface area contributed by atoms with Crippen LogP contribution in [0.2, 0.25) is 0 Å². The Balaban J connectivity index is 1.58. The fourth-order valence-electron chi connectivity index (χ4n) is 4.38. The number of hydrogen-bond donors (Lipinski definition) is 0. The third-order valence-electron chi connectivity index (χ3n) is 6.70. The Morgan fingerprint density at radius 2 is 1.19 bits per heavy atom. The van der Waals surface area contributed by atoms with Gasteiger partial charge in [0, 0.05) is 5.56 Å². The second-order valence-electron chi connectivity index (χ2n) is 10.0. The van der Waals surface area contributed by atoms with Gasteiger partial charge < -0.3 is 9.47 Å². The van der Waals surface area contributed by atoms with Gasteiger partial charge in [0.15, 0.2) is 0 Å². The summed E-state index contributed by atoms with van der Waals surface area (Å²) in [4.78, 5) is 4.50. The molecule has 0 aliphatic rings. The van der Waals surface area contributed by atoms with Crippen molar-refractivity contribution in [2.75, 3.05) is 13.2 Å². The molecule has 1 heterocycles. The standard InChI is InChI=1S/C32H50FNO2/c1-3-5-7-9-10-11-12-13-15-17-25-35-30-21-19-28(20-22-30)32-24-23-31(26-34-32)36-27-29(33)18-16-14-8-6-4-2/h19-24,26,29H,3-18,25,27H2,1-2H3. The Hall–Kier alpha value is -2.10. The largest absolute Gasteiger partial charge is 0.494 e. The van der Waals surface area contributed by atoms with Gasteiger partial charge in [0.1, 0.15) is 24.3 Å². The normalized spacial score (nSPS) is 12.0. The van der Waals surface area contributed by atoms with E-state index in [1.165, 1.54) is 77.0 Å². The van der Waals surface area contributed by atoms with Crippen LogP contribution in [0.15, 0.2) is 42.6 Å². The number of halogens is 1. The molecule has 1 unspecified atom stereocenters. The van der Waals surface area contributed by atoms with Crippen LogP contribution < -0.4 is 9.47 Å². The Labute approximate surface area is 220 Å². The first-order valence-electron chi connectivity index (χ1n) is 14.7. The van der Waals surface area contributed by atoms with E-state index in [9.17, 15) is 4.39 Å². The molecular weight excluding hydrogens is 449 g/mol. The van der Waals surface area contributed by atoms with Crippen LogP contribution in [0.1, 0.15) is 117 Å². The third-order valence-corrected chi connectivity index (χ3v) is 6.70. The van der Waals surface area contributed by atoms with E-state index in [-0.39, 0.29) is 6.61 Å². The molecule has 0 aliphatic heterocycles. The summed E-state index contributed by atoms with van der Waals surface area (Å²) in [5, 5.41) is 0. The number of hydrogen-bond acceptors (Lipinski definition) is 3. The quantitative estimate of drug-likeness (QED) is 0.151. The Bertz CT molecular complexity index is 763. The van der Waals surface area contributed by atoms with Crippen LogP contribution in [0.4, 0.5) is 4.39 Å². The minimum absolute atomic E-state index is 0.0971. The van der Waals surface area contributed by atoms with Gasteiger partial charge in [-0.05, 0) is 49.2 Å². The summed E-state index contributed by atoms with van der Waals surface area (Å²) < 4.78 is 25.6. The molecule has 1 atom stereocenters. The van der Waals surface area contributed by atoms with E-state index in [1.54, 1.807) is 6.20 Å². The van der Waals surface area contributed by atoms with Crippen molar-refractivity contribution in [3.8, 4) is 22.8 Å². The molecule has 0 bridgehead atoms. The van der Waals surface area contributed by atoms with Crippen LogP contribution in [-0.4, -0.2) is 24.4 Å². The summed E-state index contributed by atoms with van der Waals surface area (Å²) in [5.74, 6) is 1.52. The highest BCUT2D eigenvalue weighted by Crippen LogP contribution is 2.23. The van der Waals surface area contributed by atoms with Crippen LogP contribution in [0.5, 0.6) is 11.5 Å². The van der Waals surface area contributed by atoms with Crippen molar-refractivity contribution in [3.05, 3.63) is 42.6 Å².